The number of rotatable bonds is 4. The third-order valence-corrected chi connectivity index (χ3v) is 2.14. The summed E-state index contributed by atoms with van der Waals surface area (Å²) in [5.74, 6) is 0. The van der Waals surface area contributed by atoms with Gasteiger partial charge in [0.05, 0.1) is 18.3 Å². The molecule has 1 unspecified atom stereocenters. The predicted molar refractivity (Wildman–Crippen MR) is 43.5 cm³/mol. The lowest BCUT2D eigenvalue weighted by Gasteiger charge is -2.31. The molecule has 2 N–H and O–H groups in total. The topological polar surface area (TPSA) is 41.5 Å². The van der Waals surface area contributed by atoms with Crippen LogP contribution in [-0.2, 0) is 4.74 Å². The maximum absolute atomic E-state index is 9.55. The molecule has 1 rings (SSSR count). The Morgan fingerprint density at radius 2 is 2.27 bits per heavy atom. The van der Waals surface area contributed by atoms with Gasteiger partial charge in [0.15, 0.2) is 0 Å². The van der Waals surface area contributed by atoms with Crippen LogP contribution in [0.2, 0.25) is 0 Å². The second-order valence-electron chi connectivity index (χ2n) is 3.44. The van der Waals surface area contributed by atoms with Gasteiger partial charge in [-0.25, -0.2) is 0 Å². The van der Waals surface area contributed by atoms with Gasteiger partial charge in [0.1, 0.15) is 0 Å². The highest BCUT2D eigenvalue weighted by Gasteiger charge is 2.23. The lowest BCUT2D eigenvalue weighted by atomic mass is 10.1. The fourth-order valence-electron chi connectivity index (χ4n) is 0.779. The molecule has 0 aliphatic carbocycles. The summed E-state index contributed by atoms with van der Waals surface area (Å²) in [6, 6.07) is 0. The number of hydrogen-bond donors (Lipinski definition) is 2. The highest BCUT2D eigenvalue weighted by molar-refractivity contribution is 4.77. The molecule has 3 heteroatoms. The molecule has 0 spiro atoms. The van der Waals surface area contributed by atoms with Crippen LogP contribution in [0.15, 0.2) is 0 Å². The van der Waals surface area contributed by atoms with E-state index < -0.39 is 5.60 Å². The molecule has 1 fully saturated rings. The van der Waals surface area contributed by atoms with Crippen molar-refractivity contribution in [3.05, 3.63) is 0 Å². The first kappa shape index (κ1) is 8.97. The zero-order valence-electron chi connectivity index (χ0n) is 7.26. The molecule has 1 aliphatic heterocycles. The number of ether oxygens (including phenoxy) is 1. The fraction of sp³-hybridized carbons (Fsp3) is 1.00. The third-order valence-electron chi connectivity index (χ3n) is 2.14. The summed E-state index contributed by atoms with van der Waals surface area (Å²) in [6.07, 6.45) is 1.07. The van der Waals surface area contributed by atoms with Crippen molar-refractivity contribution in [2.75, 3.05) is 19.7 Å². The van der Waals surface area contributed by atoms with Crippen molar-refractivity contribution >= 4 is 0 Å². The van der Waals surface area contributed by atoms with Crippen LogP contribution in [0.25, 0.3) is 0 Å². The maximum atomic E-state index is 9.55. The Balaban J connectivity index is 2.09. The molecule has 1 atom stereocenters. The molecule has 0 saturated carbocycles. The molecule has 0 aromatic rings. The number of nitrogens with one attached hydrogen (secondary N) is 1. The summed E-state index contributed by atoms with van der Waals surface area (Å²) in [7, 11) is 0. The smallest absolute Gasteiger partial charge is 0.0849 e. The second-order valence-corrected chi connectivity index (χ2v) is 3.44. The van der Waals surface area contributed by atoms with Crippen molar-refractivity contribution in [2.24, 2.45) is 0 Å². The Labute approximate surface area is 67.7 Å². The molecule has 0 amide bonds. The van der Waals surface area contributed by atoms with Gasteiger partial charge in [0, 0.05) is 13.1 Å². The van der Waals surface area contributed by atoms with E-state index in [9.17, 15) is 5.11 Å². The van der Waals surface area contributed by atoms with Crippen LogP contribution < -0.4 is 5.32 Å². The molecule has 0 aromatic carbocycles. The van der Waals surface area contributed by atoms with Gasteiger partial charge < -0.3 is 15.2 Å². The molecule has 1 saturated heterocycles. The van der Waals surface area contributed by atoms with Gasteiger partial charge in [0.2, 0.25) is 0 Å². The standard InChI is InChI=1S/C8H17NO2/c1-3-8(2,10)6-11-7-4-9-5-7/h7,9-10H,3-6H2,1-2H3. The van der Waals surface area contributed by atoms with Crippen LogP contribution in [0.5, 0.6) is 0 Å². The van der Waals surface area contributed by atoms with Gasteiger partial charge in [-0.1, -0.05) is 6.92 Å². The molecule has 1 aliphatic rings. The minimum Gasteiger partial charge on any atom is -0.388 e. The largest absolute Gasteiger partial charge is 0.388 e. The molecule has 11 heavy (non-hydrogen) atoms. The molecular weight excluding hydrogens is 142 g/mol. The predicted octanol–water partition coefficient (Wildman–Crippen LogP) is 0.136. The Morgan fingerprint density at radius 3 is 2.64 bits per heavy atom. The van der Waals surface area contributed by atoms with Gasteiger partial charge in [-0.05, 0) is 13.3 Å². The lowest BCUT2D eigenvalue weighted by Crippen LogP contribution is -2.50. The van der Waals surface area contributed by atoms with Crippen molar-refractivity contribution in [1.29, 1.82) is 0 Å². The minimum absolute atomic E-state index is 0.327. The van der Waals surface area contributed by atoms with Crippen molar-refractivity contribution in [1.82, 2.24) is 5.32 Å². The SMILES string of the molecule is CCC(C)(O)COC1CNC1. The van der Waals surface area contributed by atoms with E-state index in [1.54, 1.807) is 6.92 Å². The molecular formula is C8H17NO2. The normalized spacial score (nSPS) is 24.3. The first-order valence-electron chi connectivity index (χ1n) is 4.19. The van der Waals surface area contributed by atoms with Crippen LogP contribution in [0.3, 0.4) is 0 Å². The van der Waals surface area contributed by atoms with E-state index in [0.29, 0.717) is 12.7 Å². The molecule has 0 radical (unpaired) electrons. The van der Waals surface area contributed by atoms with Gasteiger partial charge in [-0.3, -0.25) is 0 Å². The maximum Gasteiger partial charge on any atom is 0.0849 e. The molecule has 66 valence electrons. The first-order chi connectivity index (χ1) is 5.14. The molecule has 0 bridgehead atoms. The number of hydrogen-bond acceptors (Lipinski definition) is 3. The monoisotopic (exact) mass is 159 g/mol. The average Bonchev–Trinajstić information content (AvgIpc) is 1.84. The van der Waals surface area contributed by atoms with Crippen LogP contribution in [0, 0.1) is 0 Å². The summed E-state index contributed by atoms with van der Waals surface area (Å²) in [4.78, 5) is 0. The lowest BCUT2D eigenvalue weighted by molar-refractivity contribution is -0.0770. The third kappa shape index (κ3) is 2.77. The minimum atomic E-state index is -0.643. The summed E-state index contributed by atoms with van der Waals surface area (Å²) >= 11 is 0. The highest BCUT2D eigenvalue weighted by Crippen LogP contribution is 2.10. The van der Waals surface area contributed by atoms with Crippen molar-refractivity contribution in [2.45, 2.75) is 32.0 Å². The van der Waals surface area contributed by atoms with Crippen molar-refractivity contribution in [3.63, 3.8) is 0 Å². The number of aliphatic hydroxyl groups is 1. The van der Waals surface area contributed by atoms with E-state index >= 15 is 0 Å². The first-order valence-corrected chi connectivity index (χ1v) is 4.19. The average molecular weight is 159 g/mol. The van der Waals surface area contributed by atoms with E-state index in [2.05, 4.69) is 5.32 Å². The molecule has 3 nitrogen and oxygen atoms in total. The summed E-state index contributed by atoms with van der Waals surface area (Å²) in [5.41, 5.74) is -0.643. The summed E-state index contributed by atoms with van der Waals surface area (Å²) in [5, 5.41) is 12.7. The van der Waals surface area contributed by atoms with Crippen molar-refractivity contribution < 1.29 is 9.84 Å². The highest BCUT2D eigenvalue weighted by atomic mass is 16.5. The van der Waals surface area contributed by atoms with Gasteiger partial charge in [-0.15, -0.1) is 0 Å². The summed E-state index contributed by atoms with van der Waals surface area (Å²) in [6.45, 7) is 6.08. The van der Waals surface area contributed by atoms with Crippen LogP contribution in [-0.4, -0.2) is 36.5 Å². The van der Waals surface area contributed by atoms with Crippen LogP contribution >= 0.6 is 0 Å². The molecule has 0 aromatic heterocycles. The van der Waals surface area contributed by atoms with Crippen molar-refractivity contribution in [3.8, 4) is 0 Å². The van der Waals surface area contributed by atoms with E-state index in [-0.39, 0.29) is 0 Å². The van der Waals surface area contributed by atoms with Crippen LogP contribution in [0.1, 0.15) is 20.3 Å². The Bertz CT molecular complexity index is 121. The van der Waals surface area contributed by atoms with E-state index in [1.165, 1.54) is 0 Å². The fourth-order valence-corrected chi connectivity index (χ4v) is 0.779. The summed E-state index contributed by atoms with van der Waals surface area (Å²) < 4.78 is 5.42. The second kappa shape index (κ2) is 3.52. The van der Waals surface area contributed by atoms with Gasteiger partial charge in [-0.2, -0.15) is 0 Å². The quantitative estimate of drug-likeness (QED) is 0.613. The zero-order chi connectivity index (χ0) is 8.32. The Hall–Kier alpha value is -0.120. The van der Waals surface area contributed by atoms with E-state index in [4.69, 9.17) is 4.74 Å². The van der Waals surface area contributed by atoms with Gasteiger partial charge in [0.25, 0.3) is 0 Å². The Morgan fingerprint density at radius 1 is 1.64 bits per heavy atom. The van der Waals surface area contributed by atoms with Gasteiger partial charge >= 0.3 is 0 Å². The van der Waals surface area contributed by atoms with E-state index in [1.807, 2.05) is 6.92 Å². The zero-order valence-corrected chi connectivity index (χ0v) is 7.26. The van der Waals surface area contributed by atoms with E-state index in [0.717, 1.165) is 19.5 Å². The Kier molecular flexibility index (Phi) is 2.87. The van der Waals surface area contributed by atoms with Crippen LogP contribution in [0.4, 0.5) is 0 Å². The molecule has 1 heterocycles.